The van der Waals surface area contributed by atoms with Gasteiger partial charge in [0.15, 0.2) is 0 Å². The molecule has 0 atom stereocenters. The highest BCUT2D eigenvalue weighted by Gasteiger charge is 2.18. The molecule has 0 aromatic heterocycles. The summed E-state index contributed by atoms with van der Waals surface area (Å²) in [6, 6.07) is 19.9. The molecule has 0 fully saturated rings. The first-order valence-electron chi connectivity index (χ1n) is 8.56. The molecule has 0 aliphatic carbocycles. The topological polar surface area (TPSA) is 46.5 Å². The van der Waals surface area contributed by atoms with Gasteiger partial charge in [-0.3, -0.25) is 0 Å². The zero-order valence-corrected chi connectivity index (χ0v) is 15.2. The summed E-state index contributed by atoms with van der Waals surface area (Å²) in [4.78, 5) is 11.8. The van der Waals surface area contributed by atoms with Crippen molar-refractivity contribution < 1.29 is 14.6 Å². The fraction of sp³-hybridized carbons (Fsp3) is 0.174. The Morgan fingerprint density at radius 3 is 2.31 bits per heavy atom. The molecule has 0 bridgehead atoms. The van der Waals surface area contributed by atoms with E-state index >= 15 is 0 Å². The minimum atomic E-state index is -0.912. The van der Waals surface area contributed by atoms with Crippen LogP contribution in [0.15, 0.2) is 66.2 Å². The summed E-state index contributed by atoms with van der Waals surface area (Å²) in [6.45, 7) is 3.65. The Kier molecular flexibility index (Phi) is 5.08. The van der Waals surface area contributed by atoms with E-state index in [1.807, 2.05) is 56.3 Å². The van der Waals surface area contributed by atoms with Gasteiger partial charge in [-0.05, 0) is 54.5 Å². The number of allylic oxidation sites excluding steroid dienone is 1. The van der Waals surface area contributed by atoms with Gasteiger partial charge in [0.05, 0.1) is 12.7 Å². The zero-order chi connectivity index (χ0) is 18.7. The zero-order valence-electron chi connectivity index (χ0n) is 15.2. The van der Waals surface area contributed by atoms with Crippen LogP contribution in [0.25, 0.3) is 16.3 Å². The molecule has 0 heterocycles. The number of hydrogen-bond donors (Lipinski definition) is 1. The average Bonchev–Trinajstić information content (AvgIpc) is 2.62. The Bertz CT molecular complexity index is 981. The lowest BCUT2D eigenvalue weighted by Gasteiger charge is -2.16. The number of fused-ring (bicyclic) bond motifs is 1. The van der Waals surface area contributed by atoms with Crippen molar-refractivity contribution >= 4 is 22.3 Å². The molecule has 0 saturated heterocycles. The van der Waals surface area contributed by atoms with Gasteiger partial charge in [0.1, 0.15) is 5.75 Å². The average molecular weight is 346 g/mol. The van der Waals surface area contributed by atoms with Gasteiger partial charge in [-0.15, -0.1) is 0 Å². The maximum atomic E-state index is 11.8. The molecule has 0 aliphatic heterocycles. The van der Waals surface area contributed by atoms with E-state index in [9.17, 15) is 9.90 Å². The first-order valence-corrected chi connectivity index (χ1v) is 8.56. The molecule has 1 N–H and O–H groups in total. The number of methoxy groups -OCH3 is 1. The Labute approximate surface area is 153 Å². The minimum Gasteiger partial charge on any atom is -0.496 e. The van der Waals surface area contributed by atoms with Gasteiger partial charge in [0.2, 0.25) is 0 Å². The number of carboxylic acids is 1. The third-order valence-electron chi connectivity index (χ3n) is 4.53. The second-order valence-electron chi connectivity index (χ2n) is 6.50. The van der Waals surface area contributed by atoms with E-state index in [-0.39, 0.29) is 0 Å². The van der Waals surface area contributed by atoms with Crippen LogP contribution in [0.2, 0.25) is 0 Å². The Balaban J connectivity index is 2.28. The van der Waals surface area contributed by atoms with Crippen molar-refractivity contribution in [1.82, 2.24) is 0 Å². The molecule has 3 aromatic carbocycles. The fourth-order valence-corrected chi connectivity index (χ4v) is 3.40. The normalized spacial score (nSPS) is 10.6. The molecule has 3 nitrogen and oxygen atoms in total. The molecule has 3 aromatic rings. The number of carbonyl (C=O) groups is 1. The second kappa shape index (κ2) is 7.44. The van der Waals surface area contributed by atoms with Gasteiger partial charge in [-0.2, -0.15) is 0 Å². The first-order chi connectivity index (χ1) is 12.5. The summed E-state index contributed by atoms with van der Waals surface area (Å²) in [5, 5.41) is 11.6. The van der Waals surface area contributed by atoms with Gasteiger partial charge >= 0.3 is 5.97 Å². The number of hydrogen-bond acceptors (Lipinski definition) is 2. The summed E-state index contributed by atoms with van der Waals surface area (Å²) in [6.07, 6.45) is 0.759. The van der Waals surface area contributed by atoms with E-state index in [1.54, 1.807) is 7.11 Å². The molecule has 0 aliphatic rings. The van der Waals surface area contributed by atoms with E-state index < -0.39 is 5.97 Å². The maximum Gasteiger partial charge on any atom is 0.336 e. The van der Waals surface area contributed by atoms with Gasteiger partial charge < -0.3 is 9.84 Å². The minimum absolute atomic E-state index is 0.342. The van der Waals surface area contributed by atoms with Crippen LogP contribution in [0.4, 0.5) is 0 Å². The summed E-state index contributed by atoms with van der Waals surface area (Å²) in [5.41, 5.74) is 4.16. The molecule has 0 amide bonds. The molecule has 3 rings (SSSR count). The third-order valence-corrected chi connectivity index (χ3v) is 4.53. The lowest BCUT2D eigenvalue weighted by molar-refractivity contribution is -0.130. The van der Waals surface area contributed by atoms with Crippen molar-refractivity contribution in [2.75, 3.05) is 7.11 Å². The van der Waals surface area contributed by atoms with Crippen LogP contribution in [0, 0.1) is 0 Å². The molecule has 26 heavy (non-hydrogen) atoms. The van der Waals surface area contributed by atoms with Crippen molar-refractivity contribution in [2.45, 2.75) is 20.3 Å². The molecule has 132 valence electrons. The van der Waals surface area contributed by atoms with Crippen LogP contribution in [-0.2, 0) is 11.2 Å². The van der Waals surface area contributed by atoms with E-state index in [1.165, 1.54) is 5.56 Å². The summed E-state index contributed by atoms with van der Waals surface area (Å²) in [7, 11) is 1.65. The second-order valence-corrected chi connectivity index (χ2v) is 6.50. The third kappa shape index (κ3) is 3.33. The van der Waals surface area contributed by atoms with Crippen LogP contribution >= 0.6 is 0 Å². The Morgan fingerprint density at radius 1 is 0.962 bits per heavy atom. The van der Waals surface area contributed by atoms with E-state index in [0.717, 1.165) is 39.6 Å². The smallest absolute Gasteiger partial charge is 0.336 e. The van der Waals surface area contributed by atoms with Crippen LogP contribution in [0.5, 0.6) is 5.75 Å². The standard InChI is InChI=1S/C23H22O3/c1-15(2)21(23(24)25)19-12-13-20(26-3)22-17(10-7-11-18(19)22)14-16-8-5-4-6-9-16/h4-13H,14H2,1-3H3,(H,24,25). The molecular formula is C23H22O3. The monoisotopic (exact) mass is 346 g/mol. The van der Waals surface area contributed by atoms with Crippen molar-refractivity contribution in [1.29, 1.82) is 0 Å². The molecular weight excluding hydrogens is 324 g/mol. The van der Waals surface area contributed by atoms with E-state index in [0.29, 0.717) is 5.57 Å². The Morgan fingerprint density at radius 2 is 1.69 bits per heavy atom. The predicted octanol–water partition coefficient (Wildman–Crippen LogP) is 5.32. The van der Waals surface area contributed by atoms with Crippen molar-refractivity contribution in [3.8, 4) is 5.75 Å². The quantitative estimate of drug-likeness (QED) is 0.636. The number of aliphatic carboxylic acids is 1. The lowest BCUT2D eigenvalue weighted by Crippen LogP contribution is -2.03. The number of benzene rings is 3. The van der Waals surface area contributed by atoms with Crippen molar-refractivity contribution in [3.63, 3.8) is 0 Å². The highest BCUT2D eigenvalue weighted by atomic mass is 16.5. The highest BCUT2D eigenvalue weighted by Crippen LogP contribution is 2.36. The molecule has 0 radical (unpaired) electrons. The summed E-state index contributed by atoms with van der Waals surface area (Å²) < 4.78 is 5.60. The SMILES string of the molecule is COc1ccc(C(C(=O)O)=C(C)C)c2cccc(Cc3ccccc3)c12. The van der Waals surface area contributed by atoms with Gasteiger partial charge in [0.25, 0.3) is 0 Å². The molecule has 0 saturated carbocycles. The highest BCUT2D eigenvalue weighted by molar-refractivity contribution is 6.20. The van der Waals surface area contributed by atoms with E-state index in [2.05, 4.69) is 18.2 Å². The van der Waals surface area contributed by atoms with Crippen LogP contribution in [0.1, 0.15) is 30.5 Å². The van der Waals surface area contributed by atoms with Gasteiger partial charge in [-0.25, -0.2) is 4.79 Å². The summed E-state index contributed by atoms with van der Waals surface area (Å²) >= 11 is 0. The van der Waals surface area contributed by atoms with Crippen LogP contribution < -0.4 is 4.74 Å². The van der Waals surface area contributed by atoms with Crippen LogP contribution in [0.3, 0.4) is 0 Å². The van der Waals surface area contributed by atoms with Crippen molar-refractivity contribution in [2.24, 2.45) is 0 Å². The predicted molar refractivity (Wildman–Crippen MR) is 106 cm³/mol. The summed E-state index contributed by atoms with van der Waals surface area (Å²) in [5.74, 6) is -0.154. The molecule has 0 spiro atoms. The largest absolute Gasteiger partial charge is 0.496 e. The molecule has 3 heteroatoms. The fourth-order valence-electron chi connectivity index (χ4n) is 3.40. The Hall–Kier alpha value is -3.07. The lowest BCUT2D eigenvalue weighted by atomic mass is 9.91. The van der Waals surface area contributed by atoms with Gasteiger partial charge in [-0.1, -0.05) is 54.1 Å². The van der Waals surface area contributed by atoms with E-state index in [4.69, 9.17) is 4.74 Å². The van der Waals surface area contributed by atoms with Crippen LogP contribution in [-0.4, -0.2) is 18.2 Å². The van der Waals surface area contributed by atoms with Gasteiger partial charge in [0, 0.05) is 5.39 Å². The number of ether oxygens (including phenoxy) is 1. The first kappa shape index (κ1) is 17.7. The number of carboxylic acid groups (broad SMARTS) is 1. The molecule has 0 unspecified atom stereocenters. The number of rotatable bonds is 5. The maximum absolute atomic E-state index is 11.8. The van der Waals surface area contributed by atoms with Crippen molar-refractivity contribution in [3.05, 3.63) is 82.9 Å².